The largest absolute Gasteiger partial charge is 0.462 e. The van der Waals surface area contributed by atoms with E-state index in [4.69, 9.17) is 10.00 Å². The predicted molar refractivity (Wildman–Crippen MR) is 103 cm³/mol. The second kappa shape index (κ2) is 8.19. The van der Waals surface area contributed by atoms with E-state index in [2.05, 4.69) is 36.8 Å². The standard InChI is InChI=1S/C19H19BrN4O2/c1-2-26-19(25)15-4-6-18(22-13-15)24-9-7-23(8-10-24)17-5-3-14(12-21)11-16(17)20/h3-6,11,13H,2,7-10H2,1H3. The summed E-state index contributed by atoms with van der Waals surface area (Å²) in [5.74, 6) is 0.513. The highest BCUT2D eigenvalue weighted by Gasteiger charge is 2.20. The maximum absolute atomic E-state index is 11.7. The van der Waals surface area contributed by atoms with Gasteiger partial charge in [0.1, 0.15) is 5.82 Å². The second-order valence-electron chi connectivity index (χ2n) is 5.88. The van der Waals surface area contributed by atoms with Gasteiger partial charge in [-0.25, -0.2) is 9.78 Å². The molecule has 134 valence electrons. The molecule has 0 amide bonds. The quantitative estimate of drug-likeness (QED) is 0.715. The molecule has 1 fully saturated rings. The molecule has 1 saturated heterocycles. The summed E-state index contributed by atoms with van der Waals surface area (Å²) in [5.41, 5.74) is 2.20. The van der Waals surface area contributed by atoms with Crippen molar-refractivity contribution in [3.05, 3.63) is 52.1 Å². The van der Waals surface area contributed by atoms with Crippen molar-refractivity contribution in [2.45, 2.75) is 6.92 Å². The average Bonchev–Trinajstić information content (AvgIpc) is 2.68. The molecule has 1 aromatic heterocycles. The van der Waals surface area contributed by atoms with Crippen LogP contribution in [0.25, 0.3) is 0 Å². The Morgan fingerprint density at radius 3 is 2.54 bits per heavy atom. The number of anilines is 2. The Hall–Kier alpha value is -2.59. The van der Waals surface area contributed by atoms with Crippen LogP contribution in [0, 0.1) is 11.3 Å². The van der Waals surface area contributed by atoms with Crippen LogP contribution in [-0.4, -0.2) is 43.7 Å². The summed E-state index contributed by atoms with van der Waals surface area (Å²) in [6.07, 6.45) is 1.57. The van der Waals surface area contributed by atoms with Gasteiger partial charge in [0.05, 0.1) is 29.5 Å². The van der Waals surface area contributed by atoms with E-state index in [0.29, 0.717) is 17.7 Å². The fourth-order valence-corrected chi connectivity index (χ4v) is 3.55. The third-order valence-corrected chi connectivity index (χ3v) is 4.92. The molecule has 1 aromatic carbocycles. The molecule has 0 radical (unpaired) electrons. The number of rotatable bonds is 4. The molecular formula is C19H19BrN4O2. The van der Waals surface area contributed by atoms with Gasteiger partial charge in [0, 0.05) is 36.8 Å². The molecule has 3 rings (SSSR count). The van der Waals surface area contributed by atoms with Crippen LogP contribution >= 0.6 is 15.9 Å². The minimum absolute atomic E-state index is 0.345. The first kappa shape index (κ1) is 18.2. The molecule has 0 N–H and O–H groups in total. The van der Waals surface area contributed by atoms with Gasteiger partial charge in [-0.15, -0.1) is 0 Å². The number of pyridine rings is 1. The molecule has 1 aliphatic rings. The van der Waals surface area contributed by atoms with Crippen molar-refractivity contribution >= 4 is 33.4 Å². The summed E-state index contributed by atoms with van der Waals surface area (Å²) in [6.45, 7) is 5.51. The van der Waals surface area contributed by atoms with E-state index in [-0.39, 0.29) is 5.97 Å². The number of aromatic nitrogens is 1. The van der Waals surface area contributed by atoms with Crippen LogP contribution in [0.3, 0.4) is 0 Å². The Balaban J connectivity index is 1.63. The number of carbonyl (C=O) groups excluding carboxylic acids is 1. The van der Waals surface area contributed by atoms with Gasteiger partial charge in [-0.05, 0) is 53.2 Å². The molecule has 0 atom stereocenters. The molecule has 7 heteroatoms. The van der Waals surface area contributed by atoms with E-state index >= 15 is 0 Å². The highest BCUT2D eigenvalue weighted by atomic mass is 79.9. The van der Waals surface area contributed by atoms with Crippen molar-refractivity contribution in [2.75, 3.05) is 42.6 Å². The minimum atomic E-state index is -0.345. The first-order chi connectivity index (χ1) is 12.6. The zero-order valence-corrected chi connectivity index (χ0v) is 16.1. The first-order valence-corrected chi connectivity index (χ1v) is 9.24. The summed E-state index contributed by atoms with van der Waals surface area (Å²) in [6, 6.07) is 11.4. The van der Waals surface area contributed by atoms with E-state index in [1.165, 1.54) is 0 Å². The van der Waals surface area contributed by atoms with E-state index in [1.54, 1.807) is 19.2 Å². The number of esters is 1. The number of nitriles is 1. The first-order valence-electron chi connectivity index (χ1n) is 8.45. The summed E-state index contributed by atoms with van der Waals surface area (Å²) in [5, 5.41) is 8.98. The maximum Gasteiger partial charge on any atom is 0.339 e. The molecule has 0 saturated carbocycles. The number of halogens is 1. The Kier molecular flexibility index (Phi) is 5.74. The predicted octanol–water partition coefficient (Wildman–Crippen LogP) is 3.22. The number of carbonyl (C=O) groups is 1. The zero-order valence-electron chi connectivity index (χ0n) is 14.5. The number of benzene rings is 1. The topological polar surface area (TPSA) is 69.5 Å². The van der Waals surface area contributed by atoms with Gasteiger partial charge in [-0.1, -0.05) is 0 Å². The van der Waals surface area contributed by atoms with E-state index < -0.39 is 0 Å². The molecule has 0 bridgehead atoms. The molecule has 6 nitrogen and oxygen atoms in total. The molecule has 0 spiro atoms. The van der Waals surface area contributed by atoms with Crippen molar-refractivity contribution in [1.29, 1.82) is 5.26 Å². The van der Waals surface area contributed by atoms with E-state index in [9.17, 15) is 4.79 Å². The summed E-state index contributed by atoms with van der Waals surface area (Å²) >= 11 is 3.56. The SMILES string of the molecule is CCOC(=O)c1ccc(N2CCN(c3ccc(C#N)cc3Br)CC2)nc1. The average molecular weight is 415 g/mol. The van der Waals surface area contributed by atoms with Crippen molar-refractivity contribution in [2.24, 2.45) is 0 Å². The second-order valence-corrected chi connectivity index (χ2v) is 6.73. The van der Waals surface area contributed by atoms with Gasteiger partial charge >= 0.3 is 5.97 Å². The van der Waals surface area contributed by atoms with Gasteiger partial charge in [0.2, 0.25) is 0 Å². The number of piperazine rings is 1. The van der Waals surface area contributed by atoms with Crippen LogP contribution in [0.4, 0.5) is 11.5 Å². The van der Waals surface area contributed by atoms with Crippen LogP contribution in [0.5, 0.6) is 0 Å². The van der Waals surface area contributed by atoms with Crippen LogP contribution in [0.1, 0.15) is 22.8 Å². The fourth-order valence-electron chi connectivity index (χ4n) is 2.92. The Morgan fingerprint density at radius 2 is 1.96 bits per heavy atom. The lowest BCUT2D eigenvalue weighted by atomic mass is 10.2. The molecular weight excluding hydrogens is 396 g/mol. The molecule has 2 aromatic rings. The molecule has 1 aliphatic heterocycles. The number of nitrogens with zero attached hydrogens (tertiary/aromatic N) is 4. The fraction of sp³-hybridized carbons (Fsp3) is 0.316. The van der Waals surface area contributed by atoms with Gasteiger partial charge < -0.3 is 14.5 Å². The van der Waals surface area contributed by atoms with Crippen molar-refractivity contribution in [3.8, 4) is 6.07 Å². The molecule has 26 heavy (non-hydrogen) atoms. The Bertz CT molecular complexity index is 824. The van der Waals surface area contributed by atoms with Crippen LogP contribution in [0.15, 0.2) is 41.0 Å². The molecule has 0 aliphatic carbocycles. The highest BCUT2D eigenvalue weighted by Crippen LogP contribution is 2.28. The number of hydrogen-bond acceptors (Lipinski definition) is 6. The summed E-state index contributed by atoms with van der Waals surface area (Å²) in [7, 11) is 0. The van der Waals surface area contributed by atoms with Crippen LogP contribution in [0.2, 0.25) is 0 Å². The minimum Gasteiger partial charge on any atom is -0.462 e. The number of hydrogen-bond donors (Lipinski definition) is 0. The Labute approximate surface area is 161 Å². The van der Waals surface area contributed by atoms with Gasteiger partial charge in [-0.2, -0.15) is 5.26 Å². The Morgan fingerprint density at radius 1 is 1.23 bits per heavy atom. The van der Waals surface area contributed by atoms with Crippen molar-refractivity contribution in [1.82, 2.24) is 4.98 Å². The lowest BCUT2D eigenvalue weighted by Crippen LogP contribution is -2.47. The number of ether oxygens (including phenoxy) is 1. The van der Waals surface area contributed by atoms with Crippen LogP contribution < -0.4 is 9.80 Å². The summed E-state index contributed by atoms with van der Waals surface area (Å²) in [4.78, 5) is 20.6. The molecule has 2 heterocycles. The third kappa shape index (κ3) is 3.97. The van der Waals surface area contributed by atoms with Crippen molar-refractivity contribution < 1.29 is 9.53 Å². The monoisotopic (exact) mass is 414 g/mol. The summed E-state index contributed by atoms with van der Waals surface area (Å²) < 4.78 is 5.91. The van der Waals surface area contributed by atoms with E-state index in [0.717, 1.165) is 42.2 Å². The zero-order chi connectivity index (χ0) is 18.5. The van der Waals surface area contributed by atoms with Crippen LogP contribution in [-0.2, 0) is 4.74 Å². The third-order valence-electron chi connectivity index (χ3n) is 4.28. The normalized spacial score (nSPS) is 14.0. The lowest BCUT2D eigenvalue weighted by molar-refractivity contribution is 0.0526. The highest BCUT2D eigenvalue weighted by molar-refractivity contribution is 9.10. The maximum atomic E-state index is 11.7. The lowest BCUT2D eigenvalue weighted by Gasteiger charge is -2.37. The smallest absolute Gasteiger partial charge is 0.339 e. The van der Waals surface area contributed by atoms with Gasteiger partial charge in [0.25, 0.3) is 0 Å². The van der Waals surface area contributed by atoms with E-state index in [1.807, 2.05) is 24.3 Å². The molecule has 0 unspecified atom stereocenters. The van der Waals surface area contributed by atoms with Gasteiger partial charge in [0.15, 0.2) is 0 Å². The van der Waals surface area contributed by atoms with Crippen molar-refractivity contribution in [3.63, 3.8) is 0 Å². The van der Waals surface area contributed by atoms with Gasteiger partial charge in [-0.3, -0.25) is 0 Å².